The summed E-state index contributed by atoms with van der Waals surface area (Å²) in [7, 11) is -3.03. The van der Waals surface area contributed by atoms with E-state index in [1.807, 2.05) is 0 Å². The van der Waals surface area contributed by atoms with Gasteiger partial charge in [0, 0.05) is 35.7 Å². The third-order valence-corrected chi connectivity index (χ3v) is 2.35. The molecule has 9 heteroatoms. The van der Waals surface area contributed by atoms with Crippen molar-refractivity contribution in [3.8, 4) is 0 Å². The van der Waals surface area contributed by atoms with E-state index in [1.54, 1.807) is 12.1 Å². The van der Waals surface area contributed by atoms with Crippen molar-refractivity contribution >= 4 is 31.3 Å². The van der Waals surface area contributed by atoms with Crippen molar-refractivity contribution in [2.45, 2.75) is 0 Å². The molecule has 0 radical (unpaired) electrons. The number of hydrogen-bond acceptors (Lipinski definition) is 7. The molecule has 20 heavy (non-hydrogen) atoms. The number of rotatable bonds is 4. The number of pyridine rings is 2. The zero-order valence-electron chi connectivity index (χ0n) is 10.3. The normalized spacial score (nSPS) is 9.70. The molecule has 2 N–H and O–H groups in total. The molecular weight excluding hydrogens is 262 g/mol. The van der Waals surface area contributed by atoms with Crippen LogP contribution in [-0.4, -0.2) is 40.4 Å². The predicted molar refractivity (Wildman–Crippen MR) is 71.3 cm³/mol. The van der Waals surface area contributed by atoms with Crippen LogP contribution in [0.5, 0.6) is 0 Å². The zero-order valence-corrected chi connectivity index (χ0v) is 10.3. The molecule has 0 fully saturated rings. The highest BCUT2D eigenvalue weighted by atomic mass is 16.7. The molecule has 0 aliphatic heterocycles. The van der Waals surface area contributed by atoms with Gasteiger partial charge in [0.05, 0.1) is 0 Å². The summed E-state index contributed by atoms with van der Waals surface area (Å²) in [6.45, 7) is 0. The maximum Gasteiger partial charge on any atom is 0.565 e. The first-order valence-electron chi connectivity index (χ1n) is 5.70. The van der Waals surface area contributed by atoms with E-state index in [0.717, 1.165) is 0 Å². The number of aromatic nitrogens is 2. The van der Waals surface area contributed by atoms with Crippen LogP contribution in [0.2, 0.25) is 0 Å². The second-order valence-electron chi connectivity index (χ2n) is 3.76. The van der Waals surface area contributed by atoms with E-state index in [2.05, 4.69) is 19.3 Å². The van der Waals surface area contributed by atoms with Crippen molar-refractivity contribution < 1.29 is 24.2 Å². The van der Waals surface area contributed by atoms with E-state index in [1.165, 1.54) is 36.9 Å². The fraction of sp³-hybridized carbons (Fsp3) is 0. The molecule has 0 aromatic carbocycles. The van der Waals surface area contributed by atoms with Gasteiger partial charge in [-0.05, 0) is 12.1 Å². The third kappa shape index (κ3) is 3.81. The lowest BCUT2D eigenvalue weighted by molar-refractivity contribution is 0.138. The van der Waals surface area contributed by atoms with Crippen LogP contribution in [-0.2, 0) is 9.31 Å². The Bertz CT molecular complexity index is 508. The Morgan fingerprint density at radius 1 is 0.950 bits per heavy atom. The fourth-order valence-corrected chi connectivity index (χ4v) is 1.39. The van der Waals surface area contributed by atoms with Crippen LogP contribution in [0.4, 0.5) is 4.79 Å². The number of carbonyl (C=O) groups is 1. The second-order valence-corrected chi connectivity index (χ2v) is 3.76. The number of hydrogen-bond donors (Lipinski definition) is 2. The maximum absolute atomic E-state index is 11.4. The van der Waals surface area contributed by atoms with E-state index in [-0.39, 0.29) is 0 Å². The summed E-state index contributed by atoms with van der Waals surface area (Å²) in [6.07, 6.45) is 4.50. The van der Waals surface area contributed by atoms with Gasteiger partial charge in [-0.15, -0.1) is 0 Å². The molecule has 0 aliphatic carbocycles. The minimum atomic E-state index is -1.52. The summed E-state index contributed by atoms with van der Waals surface area (Å²) in [5.41, 5.74) is 0.584. The van der Waals surface area contributed by atoms with Gasteiger partial charge in [0.15, 0.2) is 0 Å². The highest BCUT2D eigenvalue weighted by Crippen LogP contribution is 1.93. The molecule has 0 aliphatic rings. The molecule has 2 aromatic heterocycles. The maximum atomic E-state index is 11.4. The van der Waals surface area contributed by atoms with E-state index in [0.29, 0.717) is 10.9 Å². The Balaban J connectivity index is 1.90. The Hall–Kier alpha value is -2.38. The van der Waals surface area contributed by atoms with E-state index in [9.17, 15) is 14.8 Å². The topological polar surface area (TPSA) is 102 Å². The highest BCUT2D eigenvalue weighted by Gasteiger charge is 2.27. The SMILES string of the molecule is O=C(OB(O)c1cccnc1)OB(O)c1cccnc1. The molecule has 2 rings (SSSR count). The molecular formula is C11H10B2N2O5. The van der Waals surface area contributed by atoms with Crippen LogP contribution in [0.15, 0.2) is 49.1 Å². The molecule has 7 nitrogen and oxygen atoms in total. The summed E-state index contributed by atoms with van der Waals surface area (Å²) < 4.78 is 9.21. The van der Waals surface area contributed by atoms with Gasteiger partial charge in [-0.3, -0.25) is 9.97 Å². The van der Waals surface area contributed by atoms with Crippen molar-refractivity contribution in [2.75, 3.05) is 0 Å². The lowest BCUT2D eigenvalue weighted by Gasteiger charge is -2.10. The monoisotopic (exact) mass is 272 g/mol. The second kappa shape index (κ2) is 6.69. The summed E-state index contributed by atoms with van der Waals surface area (Å²) >= 11 is 0. The molecule has 2 heterocycles. The van der Waals surface area contributed by atoms with Gasteiger partial charge in [-0.2, -0.15) is 0 Å². The molecule has 100 valence electrons. The zero-order chi connectivity index (χ0) is 14.4. The molecule has 0 saturated heterocycles. The van der Waals surface area contributed by atoms with E-state index in [4.69, 9.17) is 0 Å². The molecule has 2 aromatic rings. The van der Waals surface area contributed by atoms with E-state index < -0.39 is 20.4 Å². The van der Waals surface area contributed by atoms with E-state index >= 15 is 0 Å². The molecule has 0 saturated carbocycles. The largest absolute Gasteiger partial charge is 0.565 e. The highest BCUT2D eigenvalue weighted by molar-refractivity contribution is 6.63. The van der Waals surface area contributed by atoms with Gasteiger partial charge in [-0.1, -0.05) is 12.1 Å². The first kappa shape index (κ1) is 14.0. The average molecular weight is 272 g/mol. The fourth-order valence-electron chi connectivity index (χ4n) is 1.39. The average Bonchev–Trinajstić information content (AvgIpc) is 2.49. The minimum absolute atomic E-state index is 0.292. The van der Waals surface area contributed by atoms with Crippen molar-refractivity contribution in [1.82, 2.24) is 9.97 Å². The molecule has 0 spiro atoms. The van der Waals surface area contributed by atoms with Crippen LogP contribution in [0.25, 0.3) is 0 Å². The summed E-state index contributed by atoms with van der Waals surface area (Å²) in [6, 6.07) is 6.22. The quantitative estimate of drug-likeness (QED) is 0.667. The smallest absolute Gasteiger partial charge is 0.474 e. The number of nitrogens with zero attached hydrogens (tertiary/aromatic N) is 2. The van der Waals surface area contributed by atoms with Crippen LogP contribution in [0.1, 0.15) is 0 Å². The van der Waals surface area contributed by atoms with Crippen molar-refractivity contribution in [2.24, 2.45) is 0 Å². The predicted octanol–water partition coefficient (Wildman–Crippen LogP) is -1.30. The summed E-state index contributed by atoms with van der Waals surface area (Å²) in [4.78, 5) is 18.9. The lowest BCUT2D eigenvalue weighted by Crippen LogP contribution is -2.41. The third-order valence-electron chi connectivity index (χ3n) is 2.35. The van der Waals surface area contributed by atoms with Gasteiger partial charge in [0.2, 0.25) is 0 Å². The van der Waals surface area contributed by atoms with Gasteiger partial charge < -0.3 is 19.4 Å². The molecule has 0 amide bonds. The minimum Gasteiger partial charge on any atom is -0.474 e. The standard InChI is InChI=1S/C11H10B2N2O5/c16-11(19-12(17)9-3-1-5-14-7-9)20-13(18)10-4-2-6-15-8-10/h1-8,17-18H. The first-order chi connectivity index (χ1) is 9.66. The van der Waals surface area contributed by atoms with Gasteiger partial charge in [0.25, 0.3) is 0 Å². The van der Waals surface area contributed by atoms with Crippen LogP contribution >= 0.6 is 0 Å². The van der Waals surface area contributed by atoms with Crippen LogP contribution in [0.3, 0.4) is 0 Å². The van der Waals surface area contributed by atoms with Gasteiger partial charge in [0.1, 0.15) is 0 Å². The Kier molecular flexibility index (Phi) is 4.70. The number of carbonyl (C=O) groups excluding carboxylic acids is 1. The van der Waals surface area contributed by atoms with Crippen molar-refractivity contribution in [3.05, 3.63) is 49.1 Å². The Morgan fingerprint density at radius 3 is 1.75 bits per heavy atom. The summed E-state index contributed by atoms with van der Waals surface area (Å²) in [5.74, 6) is 0. The Labute approximate surface area is 115 Å². The van der Waals surface area contributed by atoms with Crippen molar-refractivity contribution in [3.63, 3.8) is 0 Å². The van der Waals surface area contributed by atoms with Crippen molar-refractivity contribution in [1.29, 1.82) is 0 Å². The molecule has 0 bridgehead atoms. The molecule has 0 unspecified atom stereocenters. The van der Waals surface area contributed by atoms with Gasteiger partial charge in [-0.25, -0.2) is 4.79 Å². The molecule has 0 atom stereocenters. The van der Waals surface area contributed by atoms with Crippen LogP contribution in [0, 0.1) is 0 Å². The van der Waals surface area contributed by atoms with Gasteiger partial charge >= 0.3 is 20.4 Å². The lowest BCUT2D eigenvalue weighted by atomic mass is 9.80. The van der Waals surface area contributed by atoms with Crippen LogP contribution < -0.4 is 10.9 Å². The summed E-state index contributed by atoms with van der Waals surface area (Å²) in [5, 5.41) is 19.2. The Morgan fingerprint density at radius 2 is 1.40 bits per heavy atom. The first-order valence-corrected chi connectivity index (χ1v) is 5.70.